The number of rotatable bonds is 3. The molecule has 7 nitrogen and oxygen atoms in total. The molecule has 9 heteroatoms. The van der Waals surface area contributed by atoms with Crippen molar-refractivity contribution in [2.24, 2.45) is 0 Å². The van der Waals surface area contributed by atoms with E-state index in [9.17, 15) is 14.4 Å². The molecule has 0 aliphatic carbocycles. The first-order valence-electron chi connectivity index (χ1n) is 6.87. The van der Waals surface area contributed by atoms with Crippen LogP contribution in [0.1, 0.15) is 19.4 Å². The van der Waals surface area contributed by atoms with Gasteiger partial charge in [-0.05, 0) is 31.5 Å². The van der Waals surface area contributed by atoms with Crippen LogP contribution in [0.15, 0.2) is 18.2 Å². The Morgan fingerprint density at radius 2 is 2.00 bits per heavy atom. The van der Waals surface area contributed by atoms with Gasteiger partial charge in [-0.1, -0.05) is 29.3 Å². The Balaban J connectivity index is 2.30. The third-order valence-corrected chi connectivity index (χ3v) is 3.98. The topological polar surface area (TPSA) is 79.0 Å². The number of halogens is 2. The summed E-state index contributed by atoms with van der Waals surface area (Å²) in [5, 5.41) is 4.99. The lowest BCUT2D eigenvalue weighted by Gasteiger charge is -2.40. The van der Waals surface area contributed by atoms with E-state index in [1.54, 1.807) is 25.1 Å². The summed E-state index contributed by atoms with van der Waals surface area (Å²) < 4.78 is 4.93. The third-order valence-electron chi connectivity index (χ3n) is 3.24. The minimum Gasteiger partial charge on any atom is -0.448 e. The monoisotopic (exact) mass is 359 g/mol. The van der Waals surface area contributed by atoms with Crippen molar-refractivity contribution < 1.29 is 19.1 Å². The van der Waals surface area contributed by atoms with Crippen molar-refractivity contribution >= 4 is 41.2 Å². The van der Waals surface area contributed by atoms with Crippen LogP contribution in [0.2, 0.25) is 10.0 Å². The van der Waals surface area contributed by atoms with Crippen molar-refractivity contribution in [1.29, 1.82) is 0 Å². The molecule has 0 radical (unpaired) electrons. The van der Waals surface area contributed by atoms with Gasteiger partial charge in [0.25, 0.3) is 5.91 Å². The molecule has 0 aromatic heterocycles. The molecule has 23 heavy (non-hydrogen) atoms. The lowest BCUT2D eigenvalue weighted by atomic mass is 10.2. The Bertz CT molecular complexity index is 653. The standard InChI is InChI=1S/C14H15Cl2N3O4/c1-3-23-14(22)19-8(2)12(20)17-13(21)18(19)7-9-4-5-10(15)11(16)6-9/h4-6,8H,3,7H2,1-2H3,(H,17,20,21). The lowest BCUT2D eigenvalue weighted by Crippen LogP contribution is -2.66. The van der Waals surface area contributed by atoms with Crippen molar-refractivity contribution in [3.05, 3.63) is 33.8 Å². The largest absolute Gasteiger partial charge is 0.448 e. The summed E-state index contributed by atoms with van der Waals surface area (Å²) in [5.74, 6) is -0.576. The highest BCUT2D eigenvalue weighted by molar-refractivity contribution is 6.42. The number of amides is 4. The van der Waals surface area contributed by atoms with Gasteiger partial charge >= 0.3 is 12.1 Å². The predicted molar refractivity (Wildman–Crippen MR) is 83.9 cm³/mol. The van der Waals surface area contributed by atoms with Crippen LogP contribution in [0.25, 0.3) is 0 Å². The molecule has 1 heterocycles. The first-order chi connectivity index (χ1) is 10.8. The molecule has 2 rings (SSSR count). The second kappa shape index (κ2) is 7.06. The van der Waals surface area contributed by atoms with Crippen molar-refractivity contribution in [1.82, 2.24) is 15.3 Å². The molecular formula is C14H15Cl2N3O4. The number of hydrazine groups is 1. The number of hydrogen-bond acceptors (Lipinski definition) is 4. The number of benzene rings is 1. The number of imide groups is 1. The maximum absolute atomic E-state index is 12.1. The smallest absolute Gasteiger partial charge is 0.429 e. The van der Waals surface area contributed by atoms with Gasteiger partial charge in [-0.2, -0.15) is 0 Å². The van der Waals surface area contributed by atoms with E-state index < -0.39 is 24.1 Å². The van der Waals surface area contributed by atoms with E-state index in [1.165, 1.54) is 6.92 Å². The number of hydrogen-bond donors (Lipinski definition) is 1. The highest BCUT2D eigenvalue weighted by atomic mass is 35.5. The Morgan fingerprint density at radius 1 is 1.30 bits per heavy atom. The molecule has 1 N–H and O–H groups in total. The van der Waals surface area contributed by atoms with E-state index in [0.29, 0.717) is 15.6 Å². The molecule has 1 aromatic rings. The predicted octanol–water partition coefficient (Wildman–Crippen LogP) is 2.81. The zero-order valence-electron chi connectivity index (χ0n) is 12.5. The Kier molecular flexibility index (Phi) is 5.33. The summed E-state index contributed by atoms with van der Waals surface area (Å²) in [6.07, 6.45) is -0.775. The fourth-order valence-corrected chi connectivity index (χ4v) is 2.42. The van der Waals surface area contributed by atoms with Gasteiger partial charge in [-0.3, -0.25) is 10.1 Å². The maximum Gasteiger partial charge on any atom is 0.429 e. The summed E-state index contributed by atoms with van der Waals surface area (Å²) in [7, 11) is 0. The van der Waals surface area contributed by atoms with E-state index >= 15 is 0 Å². The number of nitrogens with zero attached hydrogens (tertiary/aromatic N) is 2. The van der Waals surface area contributed by atoms with E-state index in [0.717, 1.165) is 10.0 Å². The van der Waals surface area contributed by atoms with Crippen LogP contribution in [0, 0.1) is 0 Å². The van der Waals surface area contributed by atoms with Gasteiger partial charge in [0.1, 0.15) is 6.04 Å². The second-order valence-corrected chi connectivity index (χ2v) is 5.63. The SMILES string of the molecule is CCOC(=O)N1C(C)C(=O)NC(=O)N1Cc1ccc(Cl)c(Cl)c1. The van der Waals surface area contributed by atoms with Crippen LogP contribution < -0.4 is 5.32 Å². The van der Waals surface area contributed by atoms with Gasteiger partial charge in [0.15, 0.2) is 0 Å². The van der Waals surface area contributed by atoms with Crippen LogP contribution >= 0.6 is 23.2 Å². The number of ether oxygens (including phenoxy) is 1. The molecule has 1 aromatic carbocycles. The Hall–Kier alpha value is -1.99. The molecule has 124 valence electrons. The van der Waals surface area contributed by atoms with Gasteiger partial charge in [0.2, 0.25) is 0 Å². The van der Waals surface area contributed by atoms with Gasteiger partial charge in [0, 0.05) is 0 Å². The molecule has 0 saturated carbocycles. The lowest BCUT2D eigenvalue weighted by molar-refractivity contribution is -0.135. The number of nitrogens with one attached hydrogen (secondary N) is 1. The fraction of sp³-hybridized carbons (Fsp3) is 0.357. The molecular weight excluding hydrogens is 345 g/mol. The molecule has 1 saturated heterocycles. The van der Waals surface area contributed by atoms with E-state index in [4.69, 9.17) is 27.9 Å². The van der Waals surface area contributed by atoms with E-state index in [-0.39, 0.29) is 13.2 Å². The first kappa shape index (κ1) is 17.4. The summed E-state index contributed by atoms with van der Waals surface area (Å²) in [5.41, 5.74) is 0.644. The molecule has 4 amide bonds. The summed E-state index contributed by atoms with van der Waals surface area (Å²) in [6, 6.07) is 3.25. The maximum atomic E-state index is 12.1. The third kappa shape index (κ3) is 3.68. The average molecular weight is 360 g/mol. The molecule has 0 spiro atoms. The Morgan fingerprint density at radius 3 is 2.61 bits per heavy atom. The van der Waals surface area contributed by atoms with Gasteiger partial charge in [0.05, 0.1) is 23.2 Å². The molecule has 1 fully saturated rings. The van der Waals surface area contributed by atoms with Crippen molar-refractivity contribution in [2.75, 3.05) is 6.61 Å². The van der Waals surface area contributed by atoms with Crippen LogP contribution in [0.5, 0.6) is 0 Å². The molecule has 1 atom stereocenters. The summed E-state index contributed by atoms with van der Waals surface area (Å²) in [6.45, 7) is 3.29. The fourth-order valence-electron chi connectivity index (χ4n) is 2.10. The highest BCUT2D eigenvalue weighted by Crippen LogP contribution is 2.24. The van der Waals surface area contributed by atoms with E-state index in [2.05, 4.69) is 5.32 Å². The molecule has 1 aliphatic rings. The number of carbonyl (C=O) groups is 3. The van der Waals surface area contributed by atoms with Crippen molar-refractivity contribution in [3.8, 4) is 0 Å². The number of urea groups is 1. The van der Waals surface area contributed by atoms with Crippen molar-refractivity contribution in [2.45, 2.75) is 26.4 Å². The van der Waals surface area contributed by atoms with Crippen LogP contribution in [0.3, 0.4) is 0 Å². The zero-order valence-corrected chi connectivity index (χ0v) is 14.0. The first-order valence-corrected chi connectivity index (χ1v) is 7.63. The van der Waals surface area contributed by atoms with Gasteiger partial charge < -0.3 is 4.74 Å². The second-order valence-electron chi connectivity index (χ2n) is 4.82. The minimum atomic E-state index is -0.880. The summed E-state index contributed by atoms with van der Waals surface area (Å²) in [4.78, 5) is 36.0. The quantitative estimate of drug-likeness (QED) is 0.899. The summed E-state index contributed by atoms with van der Waals surface area (Å²) >= 11 is 11.8. The van der Waals surface area contributed by atoms with Gasteiger partial charge in [-0.25, -0.2) is 19.6 Å². The number of carbonyl (C=O) groups excluding carboxylic acids is 3. The van der Waals surface area contributed by atoms with Crippen LogP contribution in [-0.2, 0) is 16.1 Å². The normalized spacial score (nSPS) is 18.0. The van der Waals surface area contributed by atoms with Crippen molar-refractivity contribution in [3.63, 3.8) is 0 Å². The molecule has 1 aliphatic heterocycles. The average Bonchev–Trinajstić information content (AvgIpc) is 2.49. The molecule has 0 bridgehead atoms. The zero-order chi connectivity index (χ0) is 17.1. The van der Waals surface area contributed by atoms with Gasteiger partial charge in [-0.15, -0.1) is 0 Å². The van der Waals surface area contributed by atoms with E-state index in [1.807, 2.05) is 0 Å². The van der Waals surface area contributed by atoms with Crippen LogP contribution in [-0.4, -0.2) is 40.7 Å². The highest BCUT2D eigenvalue weighted by Gasteiger charge is 2.40. The van der Waals surface area contributed by atoms with Crippen LogP contribution in [0.4, 0.5) is 9.59 Å². The Labute approximate surface area is 143 Å². The minimum absolute atomic E-state index is 0.0269. The molecule has 1 unspecified atom stereocenters.